The maximum absolute atomic E-state index is 10.4. The van der Waals surface area contributed by atoms with Gasteiger partial charge in [0.25, 0.3) is 0 Å². The van der Waals surface area contributed by atoms with Gasteiger partial charge in [-0.15, -0.1) is 0 Å². The fraction of sp³-hybridized carbons (Fsp3) is 0.278. The molecule has 0 aliphatic carbocycles. The summed E-state index contributed by atoms with van der Waals surface area (Å²) < 4.78 is 5.74. The fourth-order valence-corrected chi connectivity index (χ4v) is 2.17. The number of carboxylic acid groups (broad SMARTS) is 1. The molecule has 0 spiro atoms. The van der Waals surface area contributed by atoms with E-state index in [1.54, 1.807) is 0 Å². The van der Waals surface area contributed by atoms with Gasteiger partial charge in [-0.3, -0.25) is 4.79 Å². The van der Waals surface area contributed by atoms with Crippen molar-refractivity contribution in [1.29, 1.82) is 0 Å². The summed E-state index contributed by atoms with van der Waals surface area (Å²) in [5, 5.41) is 11.7. The van der Waals surface area contributed by atoms with Crippen LogP contribution < -0.4 is 15.8 Å². The number of nitrogen functional groups attached to an aromatic ring is 1. The number of aliphatic carboxylic acids is 1. The highest BCUT2D eigenvalue weighted by Gasteiger charge is 2.03. The van der Waals surface area contributed by atoms with E-state index in [-0.39, 0.29) is 6.42 Å². The largest absolute Gasteiger partial charge is 0.487 e. The molecule has 0 atom stereocenters. The normalized spacial score (nSPS) is 10.4. The summed E-state index contributed by atoms with van der Waals surface area (Å²) in [7, 11) is 0. The van der Waals surface area contributed by atoms with Gasteiger partial charge in [0.2, 0.25) is 0 Å². The lowest BCUT2D eigenvalue weighted by Gasteiger charge is -2.11. The Bertz CT molecular complexity index is 629. The highest BCUT2D eigenvalue weighted by atomic mass is 16.5. The number of anilines is 1. The molecular formula is C18H22N2O3. The van der Waals surface area contributed by atoms with Crippen LogP contribution in [-0.4, -0.2) is 24.2 Å². The Hall–Kier alpha value is -2.53. The van der Waals surface area contributed by atoms with E-state index in [9.17, 15) is 4.79 Å². The van der Waals surface area contributed by atoms with Crippen LogP contribution in [0.4, 0.5) is 5.69 Å². The summed E-state index contributed by atoms with van der Waals surface area (Å²) in [5.41, 5.74) is 8.84. The van der Waals surface area contributed by atoms with E-state index in [0.29, 0.717) is 24.6 Å². The second-order valence-corrected chi connectivity index (χ2v) is 5.29. The smallest absolute Gasteiger partial charge is 0.304 e. The number of hydrogen-bond donors (Lipinski definition) is 3. The van der Waals surface area contributed by atoms with E-state index >= 15 is 0 Å². The molecule has 0 saturated carbocycles. The third-order valence-corrected chi connectivity index (χ3v) is 3.42. The van der Waals surface area contributed by atoms with E-state index in [1.165, 1.54) is 0 Å². The van der Waals surface area contributed by atoms with E-state index in [4.69, 9.17) is 15.6 Å². The van der Waals surface area contributed by atoms with Gasteiger partial charge in [-0.05, 0) is 36.2 Å². The third kappa shape index (κ3) is 6.00. The van der Waals surface area contributed by atoms with Crippen molar-refractivity contribution in [3.63, 3.8) is 0 Å². The third-order valence-electron chi connectivity index (χ3n) is 3.42. The number of hydrogen-bond acceptors (Lipinski definition) is 4. The Balaban J connectivity index is 1.79. The number of nitrogens with two attached hydrogens (primary N) is 1. The van der Waals surface area contributed by atoms with E-state index in [1.807, 2.05) is 48.5 Å². The predicted molar refractivity (Wildman–Crippen MR) is 90.5 cm³/mol. The molecule has 2 aromatic carbocycles. The van der Waals surface area contributed by atoms with Crippen molar-refractivity contribution in [3.05, 3.63) is 59.7 Å². The average Bonchev–Trinajstić information content (AvgIpc) is 2.54. The minimum atomic E-state index is -0.790. The zero-order chi connectivity index (χ0) is 16.5. The molecule has 0 aliphatic heterocycles. The molecule has 0 amide bonds. The van der Waals surface area contributed by atoms with Gasteiger partial charge in [0.05, 0.1) is 12.1 Å². The van der Waals surface area contributed by atoms with Crippen LogP contribution in [0.15, 0.2) is 48.5 Å². The summed E-state index contributed by atoms with van der Waals surface area (Å²) in [6, 6.07) is 15.7. The number of benzene rings is 2. The molecule has 4 N–H and O–H groups in total. The molecule has 0 aromatic heterocycles. The molecule has 23 heavy (non-hydrogen) atoms. The molecule has 2 aromatic rings. The summed E-state index contributed by atoms with van der Waals surface area (Å²) in [6.45, 7) is 1.68. The minimum absolute atomic E-state index is 0.133. The van der Waals surface area contributed by atoms with E-state index in [0.717, 1.165) is 24.1 Å². The Morgan fingerprint density at radius 2 is 1.87 bits per heavy atom. The standard InChI is InChI=1S/C18H22N2O3/c19-16-12-14(8-10-20-11-9-18(21)22)6-7-17(16)23-13-15-4-2-1-3-5-15/h1-7,12,20H,8-11,13,19H2,(H,21,22). The van der Waals surface area contributed by atoms with Crippen LogP contribution in [0.2, 0.25) is 0 Å². The monoisotopic (exact) mass is 314 g/mol. The quantitative estimate of drug-likeness (QED) is 0.489. The molecule has 0 unspecified atom stereocenters. The zero-order valence-electron chi connectivity index (χ0n) is 13.0. The van der Waals surface area contributed by atoms with Crippen LogP contribution in [0.3, 0.4) is 0 Å². The predicted octanol–water partition coefficient (Wildman–Crippen LogP) is 2.45. The maximum Gasteiger partial charge on any atom is 0.304 e. The van der Waals surface area contributed by atoms with Crippen molar-refractivity contribution >= 4 is 11.7 Å². The van der Waals surface area contributed by atoms with Crippen molar-refractivity contribution in [2.45, 2.75) is 19.4 Å². The first-order valence-corrected chi connectivity index (χ1v) is 7.63. The highest BCUT2D eigenvalue weighted by molar-refractivity contribution is 5.66. The van der Waals surface area contributed by atoms with Crippen LogP contribution in [0.1, 0.15) is 17.5 Å². The summed E-state index contributed by atoms with van der Waals surface area (Å²) in [5.74, 6) is -0.113. The van der Waals surface area contributed by atoms with Gasteiger partial charge in [-0.1, -0.05) is 36.4 Å². The summed E-state index contributed by atoms with van der Waals surface area (Å²) >= 11 is 0. The Morgan fingerprint density at radius 1 is 1.09 bits per heavy atom. The van der Waals surface area contributed by atoms with Crippen molar-refractivity contribution < 1.29 is 14.6 Å². The SMILES string of the molecule is Nc1cc(CCNCCC(=O)O)ccc1OCc1ccccc1. The zero-order valence-corrected chi connectivity index (χ0v) is 13.0. The topological polar surface area (TPSA) is 84.6 Å². The van der Waals surface area contributed by atoms with Crippen LogP contribution >= 0.6 is 0 Å². The van der Waals surface area contributed by atoms with Gasteiger partial charge in [-0.2, -0.15) is 0 Å². The Morgan fingerprint density at radius 3 is 2.57 bits per heavy atom. The first-order chi connectivity index (χ1) is 11.1. The van der Waals surface area contributed by atoms with Gasteiger partial charge in [0.15, 0.2) is 0 Å². The molecule has 0 radical (unpaired) electrons. The van der Waals surface area contributed by atoms with Gasteiger partial charge < -0.3 is 20.9 Å². The maximum atomic E-state index is 10.4. The molecule has 0 bridgehead atoms. The van der Waals surface area contributed by atoms with Gasteiger partial charge in [0, 0.05) is 6.54 Å². The second-order valence-electron chi connectivity index (χ2n) is 5.29. The van der Waals surface area contributed by atoms with Crippen LogP contribution in [0.25, 0.3) is 0 Å². The molecule has 2 rings (SSSR count). The van der Waals surface area contributed by atoms with Crippen LogP contribution in [0, 0.1) is 0 Å². The molecule has 0 aliphatic rings. The highest BCUT2D eigenvalue weighted by Crippen LogP contribution is 2.23. The molecular weight excluding hydrogens is 292 g/mol. The lowest BCUT2D eigenvalue weighted by molar-refractivity contribution is -0.136. The number of carbonyl (C=O) groups is 1. The second kappa shape index (κ2) is 8.80. The first-order valence-electron chi connectivity index (χ1n) is 7.63. The molecule has 0 fully saturated rings. The Kier molecular flexibility index (Phi) is 6.44. The molecule has 5 heteroatoms. The Labute approximate surface area is 136 Å². The first kappa shape index (κ1) is 16.8. The van der Waals surface area contributed by atoms with Crippen molar-refractivity contribution in [2.75, 3.05) is 18.8 Å². The van der Waals surface area contributed by atoms with Crippen LogP contribution in [0.5, 0.6) is 5.75 Å². The van der Waals surface area contributed by atoms with Gasteiger partial charge in [0.1, 0.15) is 12.4 Å². The lowest BCUT2D eigenvalue weighted by atomic mass is 10.1. The van der Waals surface area contributed by atoms with E-state index < -0.39 is 5.97 Å². The number of rotatable bonds is 9. The van der Waals surface area contributed by atoms with Crippen molar-refractivity contribution in [2.24, 2.45) is 0 Å². The number of carboxylic acids is 1. The van der Waals surface area contributed by atoms with E-state index in [2.05, 4.69) is 5.32 Å². The van der Waals surface area contributed by atoms with Crippen molar-refractivity contribution in [3.8, 4) is 5.75 Å². The molecule has 0 heterocycles. The minimum Gasteiger partial charge on any atom is -0.487 e. The van der Waals surface area contributed by atoms with Crippen LogP contribution in [-0.2, 0) is 17.8 Å². The van der Waals surface area contributed by atoms with Gasteiger partial charge >= 0.3 is 5.97 Å². The number of nitrogens with one attached hydrogen (secondary N) is 1. The average molecular weight is 314 g/mol. The summed E-state index contributed by atoms with van der Waals surface area (Å²) in [6.07, 6.45) is 0.928. The molecule has 0 saturated heterocycles. The fourth-order valence-electron chi connectivity index (χ4n) is 2.17. The molecule has 5 nitrogen and oxygen atoms in total. The summed E-state index contributed by atoms with van der Waals surface area (Å²) in [4.78, 5) is 10.4. The van der Waals surface area contributed by atoms with Crippen molar-refractivity contribution in [1.82, 2.24) is 5.32 Å². The van der Waals surface area contributed by atoms with Gasteiger partial charge in [-0.25, -0.2) is 0 Å². The number of ether oxygens (including phenoxy) is 1. The molecule has 122 valence electrons. The lowest BCUT2D eigenvalue weighted by Crippen LogP contribution is -2.20.